The summed E-state index contributed by atoms with van der Waals surface area (Å²) in [4.78, 5) is 10.5. The van der Waals surface area contributed by atoms with Crippen LogP contribution in [-0.4, -0.2) is 23.7 Å². The average Bonchev–Trinajstić information content (AvgIpc) is 2.29. The van der Waals surface area contributed by atoms with Gasteiger partial charge in [0.1, 0.15) is 12.4 Å². The van der Waals surface area contributed by atoms with E-state index in [0.717, 1.165) is 0 Å². The Labute approximate surface area is 112 Å². The second kappa shape index (κ2) is 7.13. The molecule has 1 aromatic rings. The molecular formula is C10H11BrClN3O2. The number of amides is 2. The van der Waals surface area contributed by atoms with Crippen molar-refractivity contribution in [3.63, 3.8) is 0 Å². The summed E-state index contributed by atoms with van der Waals surface area (Å²) >= 11 is 9.03. The Bertz CT molecular complexity index is 426. The quantitative estimate of drug-likeness (QED) is 0.495. The van der Waals surface area contributed by atoms with E-state index in [1.54, 1.807) is 24.3 Å². The monoisotopic (exact) mass is 319 g/mol. The van der Waals surface area contributed by atoms with E-state index in [9.17, 15) is 4.79 Å². The highest BCUT2D eigenvalue weighted by Crippen LogP contribution is 2.16. The molecule has 0 aromatic heterocycles. The molecule has 0 aliphatic heterocycles. The highest BCUT2D eigenvalue weighted by molar-refractivity contribution is 9.09. The maximum absolute atomic E-state index is 10.5. The predicted molar refractivity (Wildman–Crippen MR) is 70.9 cm³/mol. The van der Waals surface area contributed by atoms with Gasteiger partial charge in [0.05, 0.1) is 5.71 Å². The number of carbonyl (C=O) groups excluding carboxylic acids is 1. The first-order chi connectivity index (χ1) is 8.11. The van der Waals surface area contributed by atoms with Crippen molar-refractivity contribution >= 4 is 39.3 Å². The van der Waals surface area contributed by atoms with Gasteiger partial charge in [-0.2, -0.15) is 5.10 Å². The number of hydrogen-bond donors (Lipinski definition) is 2. The summed E-state index contributed by atoms with van der Waals surface area (Å²) in [5.41, 5.74) is 7.63. The van der Waals surface area contributed by atoms with Gasteiger partial charge in [-0.3, -0.25) is 0 Å². The Hall–Kier alpha value is -1.27. The van der Waals surface area contributed by atoms with Crippen LogP contribution in [0.25, 0.3) is 0 Å². The van der Waals surface area contributed by atoms with Crippen molar-refractivity contribution in [2.45, 2.75) is 0 Å². The second-order valence-electron chi connectivity index (χ2n) is 3.03. The Balaban J connectivity index is 2.53. The van der Waals surface area contributed by atoms with Crippen LogP contribution in [0.15, 0.2) is 29.4 Å². The van der Waals surface area contributed by atoms with Crippen molar-refractivity contribution in [1.82, 2.24) is 5.43 Å². The van der Waals surface area contributed by atoms with Crippen molar-refractivity contribution in [2.75, 3.05) is 11.9 Å². The summed E-state index contributed by atoms with van der Waals surface area (Å²) in [6, 6.07) is 6.28. The fraction of sp³-hybridized carbons (Fsp3) is 0.200. The molecule has 17 heavy (non-hydrogen) atoms. The zero-order valence-electron chi connectivity index (χ0n) is 8.82. The number of urea groups is 1. The van der Waals surface area contributed by atoms with Crippen LogP contribution < -0.4 is 15.9 Å². The number of hydrazone groups is 1. The van der Waals surface area contributed by atoms with Gasteiger partial charge >= 0.3 is 6.03 Å². The third-order valence-electron chi connectivity index (χ3n) is 1.68. The van der Waals surface area contributed by atoms with Crippen molar-refractivity contribution < 1.29 is 9.53 Å². The van der Waals surface area contributed by atoms with Gasteiger partial charge in [0, 0.05) is 10.4 Å². The topological polar surface area (TPSA) is 76.7 Å². The lowest BCUT2D eigenvalue weighted by molar-refractivity contribution is 0.249. The fourth-order valence-electron chi connectivity index (χ4n) is 0.958. The van der Waals surface area contributed by atoms with Crippen LogP contribution >= 0.6 is 27.5 Å². The molecule has 3 N–H and O–H groups in total. The number of nitrogens with two attached hydrogens (primary N) is 1. The minimum atomic E-state index is -0.716. The van der Waals surface area contributed by atoms with Crippen LogP contribution in [0, 0.1) is 0 Å². The number of benzene rings is 1. The molecule has 0 radical (unpaired) electrons. The molecule has 0 spiro atoms. The first-order valence-electron chi connectivity index (χ1n) is 4.67. The van der Waals surface area contributed by atoms with E-state index in [1.807, 2.05) is 0 Å². The Kier molecular flexibility index (Phi) is 5.79. The summed E-state index contributed by atoms with van der Waals surface area (Å²) in [7, 11) is 0. The molecule has 92 valence electrons. The van der Waals surface area contributed by atoms with Crippen LogP contribution in [0.3, 0.4) is 0 Å². The van der Waals surface area contributed by atoms with E-state index in [1.165, 1.54) is 0 Å². The highest BCUT2D eigenvalue weighted by Gasteiger charge is 2.01. The molecule has 0 fully saturated rings. The second-order valence-corrected chi connectivity index (χ2v) is 4.03. The minimum Gasteiger partial charge on any atom is -0.487 e. The van der Waals surface area contributed by atoms with Gasteiger partial charge < -0.3 is 10.5 Å². The van der Waals surface area contributed by atoms with Gasteiger partial charge in [-0.05, 0) is 18.2 Å². The van der Waals surface area contributed by atoms with E-state index in [2.05, 4.69) is 26.5 Å². The Morgan fingerprint density at radius 1 is 1.59 bits per heavy atom. The summed E-state index contributed by atoms with van der Waals surface area (Å²) < 4.78 is 5.43. The normalized spacial score (nSPS) is 11.1. The van der Waals surface area contributed by atoms with Gasteiger partial charge in [0.2, 0.25) is 0 Å². The molecule has 0 saturated heterocycles. The fourth-order valence-corrected chi connectivity index (χ4v) is 1.43. The average molecular weight is 321 g/mol. The number of ether oxygens (including phenoxy) is 1. The zero-order chi connectivity index (χ0) is 12.7. The Morgan fingerprint density at radius 3 is 2.94 bits per heavy atom. The van der Waals surface area contributed by atoms with Gasteiger partial charge in [-0.15, -0.1) is 0 Å². The molecule has 0 bridgehead atoms. The van der Waals surface area contributed by atoms with Crippen molar-refractivity contribution in [1.29, 1.82) is 0 Å². The number of nitrogens with zero attached hydrogens (tertiary/aromatic N) is 1. The van der Waals surface area contributed by atoms with E-state index >= 15 is 0 Å². The summed E-state index contributed by atoms with van der Waals surface area (Å²) in [6.45, 7) is 0.228. The molecule has 0 atom stereocenters. The molecule has 0 saturated carbocycles. The van der Waals surface area contributed by atoms with Crippen LogP contribution in [-0.2, 0) is 0 Å². The highest BCUT2D eigenvalue weighted by atomic mass is 79.9. The molecule has 1 aromatic carbocycles. The Morgan fingerprint density at radius 2 is 2.35 bits per heavy atom. The molecule has 1 rings (SSSR count). The maximum Gasteiger partial charge on any atom is 0.332 e. The molecular weight excluding hydrogens is 309 g/mol. The van der Waals surface area contributed by atoms with E-state index < -0.39 is 6.03 Å². The van der Waals surface area contributed by atoms with Crippen molar-refractivity contribution in [3.05, 3.63) is 29.3 Å². The maximum atomic E-state index is 10.5. The number of alkyl halides is 1. The first kappa shape index (κ1) is 13.8. The number of carbonyl (C=O) groups is 1. The third-order valence-corrected chi connectivity index (χ3v) is 2.56. The van der Waals surface area contributed by atoms with Crippen molar-refractivity contribution in [3.8, 4) is 5.75 Å². The van der Waals surface area contributed by atoms with E-state index in [-0.39, 0.29) is 6.61 Å². The number of halogens is 2. The number of nitrogens with one attached hydrogen (secondary N) is 1. The summed E-state index contributed by atoms with van der Waals surface area (Å²) in [5.74, 6) is 0.630. The first-order valence-corrected chi connectivity index (χ1v) is 6.17. The van der Waals surface area contributed by atoms with Crippen molar-refractivity contribution in [2.24, 2.45) is 10.8 Å². The predicted octanol–water partition coefficient (Wildman–Crippen LogP) is 2.14. The molecule has 0 heterocycles. The standard InChI is InChI=1S/C10H11BrClN3O2/c11-5-8(14-15-10(13)16)6-17-9-3-1-2-7(12)4-9/h1-4H,5-6H2,(H3,13,15,16). The van der Waals surface area contributed by atoms with Gasteiger partial charge in [0.25, 0.3) is 0 Å². The largest absolute Gasteiger partial charge is 0.487 e. The van der Waals surface area contributed by atoms with Gasteiger partial charge in [-0.1, -0.05) is 33.6 Å². The smallest absolute Gasteiger partial charge is 0.332 e. The number of primary amides is 1. The van der Waals surface area contributed by atoms with E-state index in [0.29, 0.717) is 21.8 Å². The van der Waals surface area contributed by atoms with Crippen LogP contribution in [0.5, 0.6) is 5.75 Å². The lowest BCUT2D eigenvalue weighted by Gasteiger charge is -2.07. The van der Waals surface area contributed by atoms with Crippen LogP contribution in [0.2, 0.25) is 5.02 Å². The SMILES string of the molecule is NC(=O)NN=C(CBr)COc1cccc(Cl)c1. The van der Waals surface area contributed by atoms with Gasteiger partial charge in [0.15, 0.2) is 0 Å². The van der Waals surface area contributed by atoms with Gasteiger partial charge in [-0.25, -0.2) is 10.2 Å². The number of rotatable bonds is 5. The van der Waals surface area contributed by atoms with E-state index in [4.69, 9.17) is 22.1 Å². The molecule has 2 amide bonds. The molecule has 5 nitrogen and oxygen atoms in total. The molecule has 0 unspecified atom stereocenters. The summed E-state index contributed by atoms with van der Waals surface area (Å²) in [6.07, 6.45) is 0. The minimum absolute atomic E-state index is 0.228. The lowest BCUT2D eigenvalue weighted by atomic mass is 10.3. The summed E-state index contributed by atoms with van der Waals surface area (Å²) in [5, 5.41) is 4.83. The third kappa shape index (κ3) is 5.55. The molecule has 7 heteroatoms. The van der Waals surface area contributed by atoms with Crippen LogP contribution in [0.4, 0.5) is 4.79 Å². The lowest BCUT2D eigenvalue weighted by Crippen LogP contribution is -2.27. The zero-order valence-corrected chi connectivity index (χ0v) is 11.2. The van der Waals surface area contributed by atoms with Crippen LogP contribution in [0.1, 0.15) is 0 Å². The molecule has 0 aliphatic rings. The number of hydrogen-bond acceptors (Lipinski definition) is 3. The molecule has 0 aliphatic carbocycles.